The van der Waals surface area contributed by atoms with E-state index in [1.54, 1.807) is 19.4 Å². The van der Waals surface area contributed by atoms with Gasteiger partial charge in [0.2, 0.25) is 0 Å². The molecule has 0 N–H and O–H groups in total. The van der Waals surface area contributed by atoms with Crippen LogP contribution in [-0.4, -0.2) is 23.4 Å². The quantitative estimate of drug-likeness (QED) is 0.781. The Labute approximate surface area is 123 Å². The van der Waals surface area contributed by atoms with Gasteiger partial charge in [0.25, 0.3) is 0 Å². The van der Waals surface area contributed by atoms with Crippen LogP contribution in [0.25, 0.3) is 10.9 Å². The van der Waals surface area contributed by atoms with E-state index in [0.29, 0.717) is 11.6 Å². The van der Waals surface area contributed by atoms with Crippen LogP contribution in [0.15, 0.2) is 24.4 Å². The van der Waals surface area contributed by atoms with Crippen LogP contribution >= 0.6 is 11.6 Å². The molecule has 0 fully saturated rings. The Morgan fingerprint density at radius 2 is 2.05 bits per heavy atom. The zero-order chi connectivity index (χ0) is 14.9. The normalized spacial score (nSPS) is 11.7. The first-order valence-electron chi connectivity index (χ1n) is 6.33. The maximum Gasteiger partial charge on any atom is 0.419 e. The number of ether oxygens (including phenoxy) is 2. The first-order valence-corrected chi connectivity index (χ1v) is 6.86. The first-order chi connectivity index (χ1) is 9.35. The van der Waals surface area contributed by atoms with Crippen molar-refractivity contribution < 1.29 is 14.3 Å². The molecule has 1 aromatic heterocycles. The van der Waals surface area contributed by atoms with Crippen LogP contribution in [0.4, 0.5) is 4.79 Å². The fraction of sp³-hybridized carbons (Fsp3) is 0.400. The summed E-state index contributed by atoms with van der Waals surface area (Å²) in [6.45, 7) is 5.50. The summed E-state index contributed by atoms with van der Waals surface area (Å²) in [5.41, 5.74) is 1.07. The van der Waals surface area contributed by atoms with Crippen molar-refractivity contribution in [1.82, 2.24) is 4.57 Å². The molecule has 0 aliphatic heterocycles. The zero-order valence-electron chi connectivity index (χ0n) is 12.1. The van der Waals surface area contributed by atoms with E-state index in [2.05, 4.69) is 0 Å². The van der Waals surface area contributed by atoms with E-state index in [-0.39, 0.29) is 0 Å². The van der Waals surface area contributed by atoms with Crippen molar-refractivity contribution in [2.24, 2.45) is 0 Å². The van der Waals surface area contributed by atoms with E-state index in [1.165, 1.54) is 4.57 Å². The minimum atomic E-state index is -0.548. The molecule has 20 heavy (non-hydrogen) atoms. The maximum atomic E-state index is 12.3. The lowest BCUT2D eigenvalue weighted by molar-refractivity contribution is 0.0544. The van der Waals surface area contributed by atoms with Crippen molar-refractivity contribution in [3.8, 4) is 5.75 Å². The Morgan fingerprint density at radius 1 is 1.35 bits per heavy atom. The molecule has 0 aliphatic rings. The fourth-order valence-corrected chi connectivity index (χ4v) is 2.19. The Balaban J connectivity index is 2.54. The second kappa shape index (κ2) is 5.37. The van der Waals surface area contributed by atoms with Crippen LogP contribution in [0, 0.1) is 0 Å². The number of rotatable bonds is 2. The van der Waals surface area contributed by atoms with Gasteiger partial charge in [-0.1, -0.05) is 0 Å². The number of carbonyl (C=O) groups excluding carboxylic acids is 1. The molecule has 2 aromatic rings. The largest absolute Gasteiger partial charge is 0.497 e. The summed E-state index contributed by atoms with van der Waals surface area (Å²) in [5, 5.41) is 0.923. The summed E-state index contributed by atoms with van der Waals surface area (Å²) < 4.78 is 12.1. The number of alkyl halides is 1. The van der Waals surface area contributed by atoms with Crippen molar-refractivity contribution in [2.45, 2.75) is 32.3 Å². The van der Waals surface area contributed by atoms with E-state index in [0.717, 1.165) is 16.5 Å². The molecule has 5 heteroatoms. The number of aromatic nitrogens is 1. The van der Waals surface area contributed by atoms with Gasteiger partial charge in [0.1, 0.15) is 11.4 Å². The summed E-state index contributed by atoms with van der Waals surface area (Å²) in [6, 6.07) is 5.54. The molecule has 0 bridgehead atoms. The summed E-state index contributed by atoms with van der Waals surface area (Å²) in [6.07, 6.45) is 1.29. The highest BCUT2D eigenvalue weighted by molar-refractivity contribution is 6.18. The number of hydrogen-bond acceptors (Lipinski definition) is 3. The van der Waals surface area contributed by atoms with Crippen LogP contribution in [0.2, 0.25) is 0 Å². The molecule has 0 atom stereocenters. The van der Waals surface area contributed by atoms with E-state index in [9.17, 15) is 4.79 Å². The molecule has 0 unspecified atom stereocenters. The molecule has 0 radical (unpaired) electrons. The van der Waals surface area contributed by atoms with Crippen LogP contribution in [0.5, 0.6) is 5.75 Å². The van der Waals surface area contributed by atoms with Gasteiger partial charge in [-0.05, 0) is 38.5 Å². The van der Waals surface area contributed by atoms with Crippen molar-refractivity contribution >= 4 is 28.6 Å². The number of carbonyl (C=O) groups is 1. The highest BCUT2D eigenvalue weighted by atomic mass is 35.5. The number of fused-ring (bicyclic) bond motifs is 1. The van der Waals surface area contributed by atoms with Gasteiger partial charge in [0, 0.05) is 23.5 Å². The van der Waals surface area contributed by atoms with E-state index >= 15 is 0 Å². The monoisotopic (exact) mass is 295 g/mol. The summed E-state index contributed by atoms with van der Waals surface area (Å²) in [4.78, 5) is 12.3. The van der Waals surface area contributed by atoms with E-state index in [1.807, 2.05) is 32.9 Å². The molecule has 0 saturated carbocycles. The van der Waals surface area contributed by atoms with Crippen LogP contribution in [-0.2, 0) is 10.6 Å². The molecular weight excluding hydrogens is 278 g/mol. The van der Waals surface area contributed by atoms with E-state index < -0.39 is 11.7 Å². The molecule has 0 saturated heterocycles. The average molecular weight is 296 g/mol. The minimum Gasteiger partial charge on any atom is -0.497 e. The predicted octanol–water partition coefficient (Wildman–Crippen LogP) is 4.17. The summed E-state index contributed by atoms with van der Waals surface area (Å²) in [7, 11) is 1.59. The van der Waals surface area contributed by atoms with Gasteiger partial charge in [0.05, 0.1) is 12.6 Å². The highest BCUT2D eigenvalue weighted by Crippen LogP contribution is 2.27. The minimum absolute atomic E-state index is 0.332. The van der Waals surface area contributed by atoms with Gasteiger partial charge in [-0.15, -0.1) is 11.6 Å². The predicted molar refractivity (Wildman–Crippen MR) is 79.7 cm³/mol. The highest BCUT2D eigenvalue weighted by Gasteiger charge is 2.20. The average Bonchev–Trinajstić information content (AvgIpc) is 2.74. The zero-order valence-corrected chi connectivity index (χ0v) is 12.8. The Bertz CT molecular complexity index is 640. The Kier molecular flexibility index (Phi) is 3.95. The summed E-state index contributed by atoms with van der Waals surface area (Å²) in [5.74, 6) is 1.01. The third-order valence-electron chi connectivity index (χ3n) is 2.83. The lowest BCUT2D eigenvalue weighted by atomic mass is 10.2. The SMILES string of the molecule is COc1ccc2c(CCl)cn(C(=O)OC(C)(C)C)c2c1. The number of benzene rings is 1. The van der Waals surface area contributed by atoms with Crippen molar-refractivity contribution in [2.75, 3.05) is 7.11 Å². The van der Waals surface area contributed by atoms with Gasteiger partial charge in [-0.25, -0.2) is 4.79 Å². The molecule has 1 aromatic carbocycles. The Hall–Kier alpha value is -1.68. The number of nitrogens with zero attached hydrogens (tertiary/aromatic N) is 1. The number of methoxy groups -OCH3 is 1. The van der Waals surface area contributed by atoms with Crippen LogP contribution in [0.1, 0.15) is 26.3 Å². The van der Waals surface area contributed by atoms with Crippen LogP contribution < -0.4 is 4.74 Å². The van der Waals surface area contributed by atoms with Crippen molar-refractivity contribution in [3.63, 3.8) is 0 Å². The molecule has 2 rings (SSSR count). The van der Waals surface area contributed by atoms with E-state index in [4.69, 9.17) is 21.1 Å². The van der Waals surface area contributed by atoms with Gasteiger partial charge < -0.3 is 9.47 Å². The van der Waals surface area contributed by atoms with Crippen molar-refractivity contribution in [3.05, 3.63) is 30.0 Å². The molecule has 0 spiro atoms. The maximum absolute atomic E-state index is 12.3. The Morgan fingerprint density at radius 3 is 2.60 bits per heavy atom. The third kappa shape index (κ3) is 2.90. The van der Waals surface area contributed by atoms with Gasteiger partial charge >= 0.3 is 6.09 Å². The summed E-state index contributed by atoms with van der Waals surface area (Å²) >= 11 is 5.93. The number of hydrogen-bond donors (Lipinski definition) is 0. The molecular formula is C15H18ClNO3. The van der Waals surface area contributed by atoms with Gasteiger partial charge in [-0.2, -0.15) is 0 Å². The third-order valence-corrected chi connectivity index (χ3v) is 3.12. The molecule has 0 aliphatic carbocycles. The number of halogens is 1. The first kappa shape index (κ1) is 14.7. The second-order valence-electron chi connectivity index (χ2n) is 5.52. The smallest absolute Gasteiger partial charge is 0.419 e. The van der Waals surface area contributed by atoms with Crippen molar-refractivity contribution in [1.29, 1.82) is 0 Å². The van der Waals surface area contributed by atoms with Gasteiger partial charge in [0.15, 0.2) is 0 Å². The molecule has 4 nitrogen and oxygen atoms in total. The van der Waals surface area contributed by atoms with Crippen LogP contribution in [0.3, 0.4) is 0 Å². The second-order valence-corrected chi connectivity index (χ2v) is 5.79. The molecule has 0 amide bonds. The molecule has 108 valence electrons. The lowest BCUT2D eigenvalue weighted by Gasteiger charge is -2.19. The molecule has 1 heterocycles. The van der Waals surface area contributed by atoms with Gasteiger partial charge in [-0.3, -0.25) is 4.57 Å². The topological polar surface area (TPSA) is 40.5 Å². The lowest BCUT2D eigenvalue weighted by Crippen LogP contribution is -2.26. The standard InChI is InChI=1S/C15H18ClNO3/c1-15(2,3)20-14(18)17-9-10(8-16)12-6-5-11(19-4)7-13(12)17/h5-7,9H,8H2,1-4H3. The fourth-order valence-electron chi connectivity index (χ4n) is 1.97.